The zero-order chi connectivity index (χ0) is 15.6. The van der Waals surface area contributed by atoms with Gasteiger partial charge in [0.15, 0.2) is 11.5 Å². The van der Waals surface area contributed by atoms with Crippen molar-refractivity contribution in [3.05, 3.63) is 56.5 Å². The fourth-order valence-electron chi connectivity index (χ4n) is 2.07. The molecule has 0 aliphatic carbocycles. The van der Waals surface area contributed by atoms with Crippen molar-refractivity contribution in [1.29, 1.82) is 0 Å². The molecule has 112 valence electrons. The predicted molar refractivity (Wildman–Crippen MR) is 91.1 cm³/mol. The Labute approximate surface area is 143 Å². The SMILES string of the molecule is COc1cc(Cl)c(C(Cl)c2ccc(Br)c(C)c2)cc1OC. The van der Waals surface area contributed by atoms with Gasteiger partial charge >= 0.3 is 0 Å². The van der Waals surface area contributed by atoms with Crippen LogP contribution >= 0.6 is 39.1 Å². The minimum absolute atomic E-state index is 0.357. The standard InChI is InChI=1S/C16H15BrCl2O2/c1-9-6-10(4-5-12(9)17)16(19)11-7-14(20-2)15(21-3)8-13(11)18/h4-8,16H,1-3H3. The first-order valence-corrected chi connectivity index (χ1v) is 7.90. The fraction of sp³-hybridized carbons (Fsp3) is 0.250. The van der Waals surface area contributed by atoms with E-state index in [9.17, 15) is 0 Å². The Kier molecular flexibility index (Phi) is 5.42. The number of ether oxygens (including phenoxy) is 2. The van der Waals surface area contributed by atoms with E-state index in [4.69, 9.17) is 32.7 Å². The normalized spacial score (nSPS) is 12.1. The summed E-state index contributed by atoms with van der Waals surface area (Å²) in [6.07, 6.45) is 0. The Hall–Kier alpha value is -0.900. The van der Waals surface area contributed by atoms with Gasteiger partial charge in [0.1, 0.15) is 0 Å². The molecule has 5 heteroatoms. The molecule has 1 unspecified atom stereocenters. The third kappa shape index (κ3) is 3.47. The molecule has 2 nitrogen and oxygen atoms in total. The zero-order valence-electron chi connectivity index (χ0n) is 11.9. The van der Waals surface area contributed by atoms with Crippen LogP contribution in [0.3, 0.4) is 0 Å². The molecule has 0 aliphatic rings. The predicted octanol–water partition coefficient (Wildman–Crippen LogP) is 5.76. The van der Waals surface area contributed by atoms with Crippen molar-refractivity contribution in [2.24, 2.45) is 0 Å². The number of halogens is 3. The molecule has 21 heavy (non-hydrogen) atoms. The minimum Gasteiger partial charge on any atom is -0.493 e. The molecule has 0 amide bonds. The molecule has 2 aromatic carbocycles. The summed E-state index contributed by atoms with van der Waals surface area (Å²) < 4.78 is 11.6. The van der Waals surface area contributed by atoms with E-state index in [1.807, 2.05) is 31.2 Å². The Morgan fingerprint density at radius 3 is 2.24 bits per heavy atom. The Balaban J connectivity index is 2.47. The van der Waals surface area contributed by atoms with E-state index < -0.39 is 0 Å². The lowest BCUT2D eigenvalue weighted by Gasteiger charge is -2.16. The van der Waals surface area contributed by atoms with Gasteiger partial charge in [0.2, 0.25) is 0 Å². The lowest BCUT2D eigenvalue weighted by Crippen LogP contribution is -1.98. The van der Waals surface area contributed by atoms with Crippen molar-refractivity contribution < 1.29 is 9.47 Å². The summed E-state index contributed by atoms with van der Waals surface area (Å²) in [5.41, 5.74) is 2.89. The highest BCUT2D eigenvalue weighted by Crippen LogP contribution is 2.40. The van der Waals surface area contributed by atoms with E-state index in [1.54, 1.807) is 20.3 Å². The summed E-state index contributed by atoms with van der Waals surface area (Å²) in [6.45, 7) is 2.02. The average molecular weight is 390 g/mol. The minimum atomic E-state index is -0.357. The van der Waals surface area contributed by atoms with Crippen LogP contribution in [0.5, 0.6) is 11.5 Å². The van der Waals surface area contributed by atoms with Crippen LogP contribution in [-0.2, 0) is 0 Å². The molecule has 0 saturated heterocycles. The molecule has 0 heterocycles. The smallest absolute Gasteiger partial charge is 0.162 e. The number of aryl methyl sites for hydroxylation is 1. The number of rotatable bonds is 4. The van der Waals surface area contributed by atoms with Crippen molar-refractivity contribution in [1.82, 2.24) is 0 Å². The maximum Gasteiger partial charge on any atom is 0.162 e. The summed E-state index contributed by atoms with van der Waals surface area (Å²) in [5.74, 6) is 1.19. The van der Waals surface area contributed by atoms with E-state index in [0.29, 0.717) is 16.5 Å². The molecule has 2 aromatic rings. The summed E-state index contributed by atoms with van der Waals surface area (Å²) in [7, 11) is 3.16. The van der Waals surface area contributed by atoms with Crippen LogP contribution < -0.4 is 9.47 Å². The van der Waals surface area contributed by atoms with Crippen LogP contribution in [0, 0.1) is 6.92 Å². The first kappa shape index (κ1) is 16.5. The molecule has 0 spiro atoms. The Morgan fingerprint density at radius 2 is 1.67 bits per heavy atom. The molecule has 0 fully saturated rings. The third-order valence-corrected chi connectivity index (χ3v) is 4.95. The second kappa shape index (κ2) is 6.91. The molecular formula is C16H15BrCl2O2. The lowest BCUT2D eigenvalue weighted by molar-refractivity contribution is 0.354. The molecule has 0 aromatic heterocycles. The van der Waals surface area contributed by atoms with Crippen LogP contribution in [-0.4, -0.2) is 14.2 Å². The van der Waals surface area contributed by atoms with Crippen LogP contribution in [0.25, 0.3) is 0 Å². The second-order valence-corrected chi connectivity index (χ2v) is 6.30. The molecule has 1 atom stereocenters. The monoisotopic (exact) mass is 388 g/mol. The van der Waals surface area contributed by atoms with Crippen molar-refractivity contribution >= 4 is 39.1 Å². The van der Waals surface area contributed by atoms with Gasteiger partial charge in [0.25, 0.3) is 0 Å². The number of methoxy groups -OCH3 is 2. The highest BCUT2D eigenvalue weighted by molar-refractivity contribution is 9.10. The summed E-state index contributed by atoms with van der Waals surface area (Å²) in [5, 5.41) is 0.192. The maximum atomic E-state index is 6.59. The quantitative estimate of drug-likeness (QED) is 0.619. The molecule has 0 saturated carbocycles. The molecular weight excluding hydrogens is 375 g/mol. The van der Waals surface area contributed by atoms with Crippen LogP contribution in [0.4, 0.5) is 0 Å². The van der Waals surface area contributed by atoms with Gasteiger partial charge in [-0.25, -0.2) is 0 Å². The summed E-state index contributed by atoms with van der Waals surface area (Å²) >= 11 is 16.4. The van der Waals surface area contributed by atoms with Gasteiger partial charge in [-0.2, -0.15) is 0 Å². The van der Waals surface area contributed by atoms with Gasteiger partial charge in [0, 0.05) is 15.6 Å². The van der Waals surface area contributed by atoms with Gasteiger partial charge in [-0.15, -0.1) is 11.6 Å². The van der Waals surface area contributed by atoms with Gasteiger partial charge in [-0.3, -0.25) is 0 Å². The molecule has 2 rings (SSSR count). The van der Waals surface area contributed by atoms with Crippen molar-refractivity contribution in [3.63, 3.8) is 0 Å². The number of benzene rings is 2. The van der Waals surface area contributed by atoms with Crippen molar-refractivity contribution in [3.8, 4) is 11.5 Å². The van der Waals surface area contributed by atoms with E-state index in [0.717, 1.165) is 21.2 Å². The number of alkyl halides is 1. The van der Waals surface area contributed by atoms with Gasteiger partial charge in [0.05, 0.1) is 19.6 Å². The zero-order valence-corrected chi connectivity index (χ0v) is 15.0. The maximum absolute atomic E-state index is 6.59. The fourth-order valence-corrected chi connectivity index (χ4v) is 2.95. The molecule has 0 N–H and O–H groups in total. The summed E-state index contributed by atoms with van der Waals surface area (Å²) in [6, 6.07) is 9.53. The molecule has 0 aliphatic heterocycles. The lowest BCUT2D eigenvalue weighted by atomic mass is 10.0. The van der Waals surface area contributed by atoms with E-state index in [1.165, 1.54) is 0 Å². The largest absolute Gasteiger partial charge is 0.493 e. The van der Waals surface area contributed by atoms with Crippen molar-refractivity contribution in [2.75, 3.05) is 14.2 Å². The third-order valence-electron chi connectivity index (χ3n) is 3.25. The second-order valence-electron chi connectivity index (χ2n) is 4.60. The average Bonchev–Trinajstić information content (AvgIpc) is 2.49. The Bertz CT molecular complexity index is 659. The first-order valence-electron chi connectivity index (χ1n) is 6.29. The van der Waals surface area contributed by atoms with Crippen molar-refractivity contribution in [2.45, 2.75) is 12.3 Å². The van der Waals surface area contributed by atoms with Gasteiger partial charge in [-0.1, -0.05) is 39.7 Å². The highest BCUT2D eigenvalue weighted by Gasteiger charge is 2.18. The Morgan fingerprint density at radius 1 is 1.05 bits per heavy atom. The van der Waals surface area contributed by atoms with E-state index in [2.05, 4.69) is 15.9 Å². The molecule has 0 radical (unpaired) electrons. The van der Waals surface area contributed by atoms with Crippen LogP contribution in [0.15, 0.2) is 34.8 Å². The summed E-state index contributed by atoms with van der Waals surface area (Å²) in [4.78, 5) is 0. The van der Waals surface area contributed by atoms with Gasteiger partial charge in [-0.05, 0) is 35.7 Å². The van der Waals surface area contributed by atoms with E-state index >= 15 is 0 Å². The number of hydrogen-bond donors (Lipinski definition) is 0. The first-order chi connectivity index (χ1) is 9.97. The number of hydrogen-bond acceptors (Lipinski definition) is 2. The van der Waals surface area contributed by atoms with Crippen LogP contribution in [0.2, 0.25) is 5.02 Å². The van der Waals surface area contributed by atoms with Crippen LogP contribution in [0.1, 0.15) is 22.1 Å². The molecule has 0 bridgehead atoms. The van der Waals surface area contributed by atoms with E-state index in [-0.39, 0.29) is 5.38 Å². The highest BCUT2D eigenvalue weighted by atomic mass is 79.9. The topological polar surface area (TPSA) is 18.5 Å². The van der Waals surface area contributed by atoms with Gasteiger partial charge < -0.3 is 9.47 Å².